The minimum Gasteiger partial charge on any atom is -0.345 e. The summed E-state index contributed by atoms with van der Waals surface area (Å²) in [6.07, 6.45) is 4.26. The minimum atomic E-state index is 0. The van der Waals surface area contributed by atoms with E-state index in [1.54, 1.807) is 6.33 Å². The van der Waals surface area contributed by atoms with Crippen LogP contribution in [0.15, 0.2) is 24.5 Å². The van der Waals surface area contributed by atoms with Gasteiger partial charge in [0.15, 0.2) is 0 Å². The number of aromatic amines is 1. The SMILES string of the molecule is Cl.Cl.c1nc2ccc(C3CCNCC3)cc2[nH]1. The highest BCUT2D eigenvalue weighted by Crippen LogP contribution is 2.26. The third-order valence-electron chi connectivity index (χ3n) is 3.25. The Bertz CT molecular complexity index is 463. The summed E-state index contributed by atoms with van der Waals surface area (Å²) in [5, 5.41) is 3.40. The molecule has 3 rings (SSSR count). The van der Waals surface area contributed by atoms with Crippen molar-refractivity contribution in [3.63, 3.8) is 0 Å². The molecule has 1 aromatic carbocycles. The van der Waals surface area contributed by atoms with Crippen LogP contribution in [0.4, 0.5) is 0 Å². The molecule has 0 aliphatic carbocycles. The molecule has 0 atom stereocenters. The Morgan fingerprint density at radius 3 is 2.65 bits per heavy atom. The summed E-state index contributed by atoms with van der Waals surface area (Å²) in [6.45, 7) is 2.29. The van der Waals surface area contributed by atoms with Gasteiger partial charge in [0.1, 0.15) is 0 Å². The number of aromatic nitrogens is 2. The lowest BCUT2D eigenvalue weighted by atomic mass is 9.90. The molecule has 0 spiro atoms. The Balaban J connectivity index is 0.000000722. The molecule has 2 N–H and O–H groups in total. The Morgan fingerprint density at radius 2 is 1.88 bits per heavy atom. The van der Waals surface area contributed by atoms with Crippen LogP contribution in [0.5, 0.6) is 0 Å². The van der Waals surface area contributed by atoms with Gasteiger partial charge in [-0.1, -0.05) is 6.07 Å². The fourth-order valence-electron chi connectivity index (χ4n) is 2.36. The van der Waals surface area contributed by atoms with Crippen molar-refractivity contribution < 1.29 is 0 Å². The number of hydrogen-bond acceptors (Lipinski definition) is 2. The van der Waals surface area contributed by atoms with Crippen LogP contribution >= 0.6 is 24.8 Å². The molecule has 94 valence electrons. The molecule has 17 heavy (non-hydrogen) atoms. The van der Waals surface area contributed by atoms with E-state index in [0.29, 0.717) is 0 Å². The standard InChI is InChI=1S/C12H15N3.2ClH/c1-2-11-12(15-8-14-11)7-10(1)9-3-5-13-6-4-9;;/h1-2,7-9,13H,3-6H2,(H,14,15);2*1H. The van der Waals surface area contributed by atoms with Gasteiger partial charge in [-0.2, -0.15) is 0 Å². The normalized spacial score (nSPS) is 16.2. The highest BCUT2D eigenvalue weighted by atomic mass is 35.5. The molecule has 1 aromatic heterocycles. The third kappa shape index (κ3) is 2.92. The van der Waals surface area contributed by atoms with Crippen LogP contribution in [0.25, 0.3) is 11.0 Å². The molecule has 5 heteroatoms. The summed E-state index contributed by atoms with van der Waals surface area (Å²) in [5.74, 6) is 0.721. The van der Waals surface area contributed by atoms with Gasteiger partial charge in [-0.3, -0.25) is 0 Å². The van der Waals surface area contributed by atoms with Gasteiger partial charge >= 0.3 is 0 Å². The molecule has 0 amide bonds. The minimum absolute atomic E-state index is 0. The van der Waals surface area contributed by atoms with Crippen molar-refractivity contribution in [2.24, 2.45) is 0 Å². The van der Waals surface area contributed by atoms with Crippen molar-refractivity contribution in [3.05, 3.63) is 30.1 Å². The van der Waals surface area contributed by atoms with Crippen LogP contribution in [0.1, 0.15) is 24.3 Å². The number of benzene rings is 1. The molecule has 3 nitrogen and oxygen atoms in total. The van der Waals surface area contributed by atoms with Gasteiger partial charge in [0.25, 0.3) is 0 Å². The van der Waals surface area contributed by atoms with Crippen molar-refractivity contribution in [3.8, 4) is 0 Å². The number of imidazole rings is 1. The molecular formula is C12H17Cl2N3. The highest BCUT2D eigenvalue weighted by molar-refractivity contribution is 5.85. The van der Waals surface area contributed by atoms with Crippen molar-refractivity contribution in [2.45, 2.75) is 18.8 Å². The maximum absolute atomic E-state index is 4.24. The van der Waals surface area contributed by atoms with Crippen LogP contribution in [-0.4, -0.2) is 23.1 Å². The average Bonchev–Trinajstić information content (AvgIpc) is 2.77. The summed E-state index contributed by atoms with van der Waals surface area (Å²) >= 11 is 0. The van der Waals surface area contributed by atoms with Gasteiger partial charge in [0, 0.05) is 0 Å². The van der Waals surface area contributed by atoms with Crippen molar-refractivity contribution in [1.29, 1.82) is 0 Å². The Morgan fingerprint density at radius 1 is 1.12 bits per heavy atom. The topological polar surface area (TPSA) is 40.7 Å². The molecule has 0 bridgehead atoms. The van der Waals surface area contributed by atoms with Gasteiger partial charge in [0.2, 0.25) is 0 Å². The Hall–Kier alpha value is -0.770. The summed E-state index contributed by atoms with van der Waals surface area (Å²) in [7, 11) is 0. The second-order valence-corrected chi connectivity index (χ2v) is 4.20. The molecule has 0 radical (unpaired) electrons. The van der Waals surface area contributed by atoms with Crippen LogP contribution in [0.2, 0.25) is 0 Å². The number of piperidine rings is 1. The van der Waals surface area contributed by atoms with Gasteiger partial charge in [-0.05, 0) is 49.5 Å². The smallest absolute Gasteiger partial charge is 0.0931 e. The van der Waals surface area contributed by atoms with Gasteiger partial charge in [0.05, 0.1) is 17.4 Å². The molecular weight excluding hydrogens is 257 g/mol. The second-order valence-electron chi connectivity index (χ2n) is 4.20. The van der Waals surface area contributed by atoms with Gasteiger partial charge < -0.3 is 10.3 Å². The first-order valence-electron chi connectivity index (χ1n) is 5.57. The number of nitrogens with one attached hydrogen (secondary N) is 2. The van der Waals surface area contributed by atoms with E-state index in [2.05, 4.69) is 33.5 Å². The number of halogens is 2. The molecule has 1 aliphatic rings. The van der Waals surface area contributed by atoms with Crippen LogP contribution in [-0.2, 0) is 0 Å². The van der Waals surface area contributed by atoms with E-state index in [9.17, 15) is 0 Å². The van der Waals surface area contributed by atoms with Crippen LogP contribution in [0.3, 0.4) is 0 Å². The summed E-state index contributed by atoms with van der Waals surface area (Å²) < 4.78 is 0. The lowest BCUT2D eigenvalue weighted by Crippen LogP contribution is -2.26. The molecule has 1 aliphatic heterocycles. The predicted octanol–water partition coefficient (Wildman–Crippen LogP) is 2.87. The Kier molecular flexibility index (Phi) is 5.25. The van der Waals surface area contributed by atoms with E-state index in [4.69, 9.17) is 0 Å². The first-order chi connectivity index (χ1) is 7.43. The number of rotatable bonds is 1. The van der Waals surface area contributed by atoms with E-state index >= 15 is 0 Å². The largest absolute Gasteiger partial charge is 0.345 e. The third-order valence-corrected chi connectivity index (χ3v) is 3.25. The van der Waals surface area contributed by atoms with Gasteiger partial charge in [-0.15, -0.1) is 24.8 Å². The predicted molar refractivity (Wildman–Crippen MR) is 75.4 cm³/mol. The Labute approximate surface area is 113 Å². The van der Waals surface area contributed by atoms with E-state index in [1.165, 1.54) is 18.4 Å². The summed E-state index contributed by atoms with van der Waals surface area (Å²) in [4.78, 5) is 7.41. The van der Waals surface area contributed by atoms with E-state index < -0.39 is 0 Å². The molecule has 2 aromatic rings. The van der Waals surface area contributed by atoms with Crippen molar-refractivity contribution >= 4 is 35.8 Å². The van der Waals surface area contributed by atoms with E-state index in [-0.39, 0.29) is 24.8 Å². The lowest BCUT2D eigenvalue weighted by Gasteiger charge is -2.22. The zero-order chi connectivity index (χ0) is 10.1. The van der Waals surface area contributed by atoms with Crippen molar-refractivity contribution in [1.82, 2.24) is 15.3 Å². The summed E-state index contributed by atoms with van der Waals surface area (Å²) in [5.41, 5.74) is 3.67. The van der Waals surface area contributed by atoms with Crippen LogP contribution in [0, 0.1) is 0 Å². The summed E-state index contributed by atoms with van der Waals surface area (Å²) in [6, 6.07) is 6.58. The monoisotopic (exact) mass is 273 g/mol. The van der Waals surface area contributed by atoms with E-state index in [1.807, 2.05) is 0 Å². The van der Waals surface area contributed by atoms with Crippen molar-refractivity contribution in [2.75, 3.05) is 13.1 Å². The first kappa shape index (κ1) is 14.3. The molecule has 0 unspecified atom stereocenters. The molecule has 2 heterocycles. The molecule has 1 saturated heterocycles. The number of H-pyrrole nitrogens is 1. The fourth-order valence-corrected chi connectivity index (χ4v) is 2.36. The molecule has 0 saturated carbocycles. The second kappa shape index (κ2) is 6.24. The quantitative estimate of drug-likeness (QED) is 0.839. The number of nitrogens with zero attached hydrogens (tertiary/aromatic N) is 1. The zero-order valence-electron chi connectivity index (χ0n) is 9.48. The number of fused-ring (bicyclic) bond motifs is 1. The first-order valence-corrected chi connectivity index (χ1v) is 5.57. The van der Waals surface area contributed by atoms with Crippen LogP contribution < -0.4 is 5.32 Å². The maximum atomic E-state index is 4.24. The lowest BCUT2D eigenvalue weighted by molar-refractivity contribution is 0.460. The molecule has 1 fully saturated rings. The fraction of sp³-hybridized carbons (Fsp3) is 0.417. The average molecular weight is 274 g/mol. The number of hydrogen-bond donors (Lipinski definition) is 2. The van der Waals surface area contributed by atoms with Gasteiger partial charge in [-0.25, -0.2) is 4.98 Å². The maximum Gasteiger partial charge on any atom is 0.0931 e. The highest BCUT2D eigenvalue weighted by Gasteiger charge is 2.15. The van der Waals surface area contributed by atoms with E-state index in [0.717, 1.165) is 30.0 Å². The zero-order valence-corrected chi connectivity index (χ0v) is 11.1.